The van der Waals surface area contributed by atoms with Gasteiger partial charge < -0.3 is 14.7 Å². The number of hydrogen-bond donors (Lipinski definition) is 1. The third-order valence-electron chi connectivity index (χ3n) is 2.60. The lowest BCUT2D eigenvalue weighted by Gasteiger charge is -2.36. The molecule has 4 nitrogen and oxygen atoms in total. The molecule has 2 heterocycles. The molecular formula is C7H11NO3. The Bertz CT molecular complexity index is 214. The van der Waals surface area contributed by atoms with E-state index in [0.29, 0.717) is 6.61 Å². The van der Waals surface area contributed by atoms with Crippen molar-refractivity contribution < 1.29 is 14.6 Å². The maximum Gasteiger partial charge on any atom is 0.257 e. The zero-order chi connectivity index (χ0) is 8.22. The highest BCUT2D eigenvalue weighted by molar-refractivity contribution is 5.88. The average Bonchev–Trinajstić information content (AvgIpc) is 1.89. The van der Waals surface area contributed by atoms with E-state index in [4.69, 9.17) is 4.74 Å². The Labute approximate surface area is 64.7 Å². The topological polar surface area (TPSA) is 49.8 Å². The second-order valence-electron chi connectivity index (χ2n) is 3.38. The Hall–Kier alpha value is -0.610. The van der Waals surface area contributed by atoms with E-state index in [1.165, 1.54) is 6.92 Å². The molecule has 62 valence electrons. The summed E-state index contributed by atoms with van der Waals surface area (Å²) < 4.78 is 5.10. The zero-order valence-electron chi connectivity index (χ0n) is 6.57. The smallest absolute Gasteiger partial charge is 0.257 e. The van der Waals surface area contributed by atoms with E-state index < -0.39 is 5.60 Å². The van der Waals surface area contributed by atoms with Crippen LogP contribution in [0.1, 0.15) is 6.92 Å². The number of hydrogen-bond acceptors (Lipinski definition) is 3. The Morgan fingerprint density at radius 2 is 2.45 bits per heavy atom. The lowest BCUT2D eigenvalue weighted by Crippen LogP contribution is -2.54. The molecule has 1 amide bonds. The second-order valence-corrected chi connectivity index (χ2v) is 3.38. The second kappa shape index (κ2) is 1.76. The number of rotatable bonds is 0. The quantitative estimate of drug-likeness (QED) is 0.489. The molecule has 2 aliphatic heterocycles. The molecule has 0 aromatic heterocycles. The van der Waals surface area contributed by atoms with Crippen molar-refractivity contribution in [2.45, 2.75) is 24.7 Å². The van der Waals surface area contributed by atoms with Crippen LogP contribution in [0, 0.1) is 0 Å². The van der Waals surface area contributed by atoms with E-state index in [0.717, 1.165) is 0 Å². The normalized spacial score (nSPS) is 49.0. The van der Waals surface area contributed by atoms with Crippen molar-refractivity contribution in [2.24, 2.45) is 0 Å². The molecule has 0 saturated carbocycles. The van der Waals surface area contributed by atoms with Crippen LogP contribution in [0.2, 0.25) is 0 Å². The lowest BCUT2D eigenvalue weighted by molar-refractivity contribution is -0.161. The summed E-state index contributed by atoms with van der Waals surface area (Å²) in [4.78, 5) is 12.8. The molecule has 0 aromatic rings. The fourth-order valence-electron chi connectivity index (χ4n) is 1.76. The van der Waals surface area contributed by atoms with Crippen LogP contribution < -0.4 is 0 Å². The SMILES string of the molecule is CN1C(=O)C(C)(O)[C@@H]2OC[C@@H]21. The minimum atomic E-state index is -1.29. The Morgan fingerprint density at radius 1 is 1.82 bits per heavy atom. The van der Waals surface area contributed by atoms with Gasteiger partial charge in [0.05, 0.1) is 12.6 Å². The summed E-state index contributed by atoms with van der Waals surface area (Å²) in [5.74, 6) is -0.231. The van der Waals surface area contributed by atoms with Gasteiger partial charge in [-0.3, -0.25) is 4.79 Å². The number of ether oxygens (including phenoxy) is 1. The monoisotopic (exact) mass is 157 g/mol. The Balaban J connectivity index is 2.32. The minimum Gasteiger partial charge on any atom is -0.378 e. The van der Waals surface area contributed by atoms with Crippen LogP contribution in [-0.4, -0.2) is 47.3 Å². The van der Waals surface area contributed by atoms with Crippen LogP contribution in [0.25, 0.3) is 0 Å². The maximum absolute atomic E-state index is 11.3. The number of aliphatic hydroxyl groups is 1. The van der Waals surface area contributed by atoms with Gasteiger partial charge in [-0.15, -0.1) is 0 Å². The fourth-order valence-corrected chi connectivity index (χ4v) is 1.76. The van der Waals surface area contributed by atoms with Crippen molar-refractivity contribution in [3.05, 3.63) is 0 Å². The fraction of sp³-hybridized carbons (Fsp3) is 0.857. The summed E-state index contributed by atoms with van der Waals surface area (Å²) in [6.45, 7) is 2.07. The van der Waals surface area contributed by atoms with E-state index in [2.05, 4.69) is 0 Å². The van der Waals surface area contributed by atoms with Crippen LogP contribution in [0.5, 0.6) is 0 Å². The number of nitrogens with zero attached hydrogens (tertiary/aromatic N) is 1. The summed E-state index contributed by atoms with van der Waals surface area (Å²) >= 11 is 0. The number of carbonyl (C=O) groups is 1. The molecule has 1 N–H and O–H groups in total. The van der Waals surface area contributed by atoms with E-state index >= 15 is 0 Å². The number of carbonyl (C=O) groups excluding carboxylic acids is 1. The van der Waals surface area contributed by atoms with Crippen LogP contribution >= 0.6 is 0 Å². The molecule has 2 saturated heterocycles. The van der Waals surface area contributed by atoms with E-state index in [1.807, 2.05) is 0 Å². The van der Waals surface area contributed by atoms with Crippen LogP contribution in [0.4, 0.5) is 0 Å². The Kier molecular flexibility index (Phi) is 1.13. The molecule has 4 heteroatoms. The van der Waals surface area contributed by atoms with Gasteiger partial charge in [-0.1, -0.05) is 0 Å². The molecular weight excluding hydrogens is 146 g/mol. The molecule has 11 heavy (non-hydrogen) atoms. The molecule has 2 aliphatic rings. The van der Waals surface area contributed by atoms with Gasteiger partial charge in [0.2, 0.25) is 0 Å². The summed E-state index contributed by atoms with van der Waals surface area (Å²) in [5, 5.41) is 9.61. The molecule has 3 atom stereocenters. The van der Waals surface area contributed by atoms with Gasteiger partial charge in [-0.05, 0) is 6.92 Å². The first kappa shape index (κ1) is 7.06. The third-order valence-corrected chi connectivity index (χ3v) is 2.60. The van der Waals surface area contributed by atoms with Gasteiger partial charge in [-0.2, -0.15) is 0 Å². The highest BCUT2D eigenvalue weighted by Gasteiger charge is 2.60. The van der Waals surface area contributed by atoms with Gasteiger partial charge >= 0.3 is 0 Å². The zero-order valence-corrected chi connectivity index (χ0v) is 6.57. The summed E-state index contributed by atoms with van der Waals surface area (Å²) in [6.07, 6.45) is -0.306. The van der Waals surface area contributed by atoms with E-state index in [-0.39, 0.29) is 18.1 Å². The molecule has 1 unspecified atom stereocenters. The first-order valence-corrected chi connectivity index (χ1v) is 3.66. The van der Waals surface area contributed by atoms with Gasteiger partial charge in [0.1, 0.15) is 6.10 Å². The number of likely N-dealkylation sites (tertiary alicyclic amines) is 1. The minimum absolute atomic E-state index is 0.0949. The highest BCUT2D eigenvalue weighted by atomic mass is 16.5. The molecule has 0 bridgehead atoms. The third kappa shape index (κ3) is 0.636. The Morgan fingerprint density at radius 3 is 2.64 bits per heavy atom. The van der Waals surface area contributed by atoms with Gasteiger partial charge in [0, 0.05) is 7.05 Å². The maximum atomic E-state index is 11.3. The highest BCUT2D eigenvalue weighted by Crippen LogP contribution is 2.36. The van der Waals surface area contributed by atoms with Crippen LogP contribution in [0.3, 0.4) is 0 Å². The molecule has 0 aliphatic carbocycles. The number of likely N-dealkylation sites (N-methyl/N-ethyl adjacent to an activating group) is 1. The van der Waals surface area contributed by atoms with E-state index in [1.54, 1.807) is 11.9 Å². The first-order valence-electron chi connectivity index (χ1n) is 3.66. The molecule has 0 spiro atoms. The standard InChI is InChI=1S/C7H11NO3/c1-7(10)5-4(3-11-5)8(2)6(7)9/h4-5,10H,3H2,1-2H3/t4-,5+,7?/m0/s1. The van der Waals surface area contributed by atoms with Crippen LogP contribution in [-0.2, 0) is 9.53 Å². The van der Waals surface area contributed by atoms with Crippen LogP contribution in [0.15, 0.2) is 0 Å². The van der Waals surface area contributed by atoms with Crippen molar-refractivity contribution in [2.75, 3.05) is 13.7 Å². The molecule has 0 aromatic carbocycles. The van der Waals surface area contributed by atoms with Crippen molar-refractivity contribution in [3.8, 4) is 0 Å². The predicted molar refractivity (Wildman–Crippen MR) is 36.9 cm³/mol. The molecule has 2 rings (SSSR count). The van der Waals surface area contributed by atoms with Gasteiger partial charge in [-0.25, -0.2) is 0 Å². The van der Waals surface area contributed by atoms with Gasteiger partial charge in [0.25, 0.3) is 5.91 Å². The van der Waals surface area contributed by atoms with E-state index in [9.17, 15) is 9.90 Å². The first-order chi connectivity index (χ1) is 5.05. The van der Waals surface area contributed by atoms with Crippen molar-refractivity contribution in [1.82, 2.24) is 4.90 Å². The number of amides is 1. The summed E-state index contributed by atoms with van der Waals surface area (Å²) in [6, 6.07) is 0.0949. The van der Waals surface area contributed by atoms with Gasteiger partial charge in [0.15, 0.2) is 5.60 Å². The lowest BCUT2D eigenvalue weighted by atomic mass is 9.95. The molecule has 2 fully saturated rings. The van der Waals surface area contributed by atoms with Crippen molar-refractivity contribution in [3.63, 3.8) is 0 Å². The molecule has 0 radical (unpaired) electrons. The largest absolute Gasteiger partial charge is 0.378 e. The van der Waals surface area contributed by atoms with Crippen molar-refractivity contribution >= 4 is 5.91 Å². The number of fused-ring (bicyclic) bond motifs is 1. The summed E-state index contributed by atoms with van der Waals surface area (Å²) in [7, 11) is 1.70. The van der Waals surface area contributed by atoms with Crippen molar-refractivity contribution in [1.29, 1.82) is 0 Å². The average molecular weight is 157 g/mol. The predicted octanol–water partition coefficient (Wildman–Crippen LogP) is -1.02. The summed E-state index contributed by atoms with van der Waals surface area (Å²) in [5.41, 5.74) is -1.29.